The Hall–Kier alpha value is -2.15. The van der Waals surface area contributed by atoms with Crippen molar-refractivity contribution in [3.8, 4) is 11.1 Å². The van der Waals surface area contributed by atoms with Crippen molar-refractivity contribution in [3.05, 3.63) is 147 Å². The first-order valence-corrected chi connectivity index (χ1v) is 14.1. The number of allylic oxidation sites excluding steroid dienone is 4. The van der Waals surface area contributed by atoms with E-state index in [1.807, 2.05) is 0 Å². The fourth-order valence-corrected chi connectivity index (χ4v) is 6.13. The van der Waals surface area contributed by atoms with Crippen molar-refractivity contribution in [3.63, 3.8) is 0 Å². The van der Waals surface area contributed by atoms with Crippen LogP contribution in [0.5, 0.6) is 0 Å². The average molecular weight is 703 g/mol. The first-order chi connectivity index (χ1) is 18.6. The smallest absolute Gasteiger partial charge is 1.00 e. The van der Waals surface area contributed by atoms with E-state index < -0.39 is 0 Å². The van der Waals surface area contributed by atoms with Gasteiger partial charge in [0.15, 0.2) is 0 Å². The molecule has 4 aromatic rings. The predicted molar refractivity (Wildman–Crippen MR) is 167 cm³/mol. The maximum atomic E-state index is 3.92. The Labute approximate surface area is 295 Å². The number of benzene rings is 4. The Morgan fingerprint density at radius 3 is 1.74 bits per heavy atom. The van der Waals surface area contributed by atoms with Gasteiger partial charge < -0.3 is 37.2 Å². The predicted octanol–water partition coefficient (Wildman–Crippen LogP) is -0.432. The van der Waals surface area contributed by atoms with Crippen molar-refractivity contribution in [2.24, 2.45) is 0 Å². The molecule has 4 aromatic carbocycles. The van der Waals surface area contributed by atoms with Gasteiger partial charge in [-0.15, -0.1) is 34.1 Å². The van der Waals surface area contributed by atoms with Gasteiger partial charge in [0, 0.05) is 0 Å². The Balaban J connectivity index is 0.00000161. The van der Waals surface area contributed by atoms with E-state index in [2.05, 4.69) is 151 Å². The molecule has 2 aliphatic rings. The molecule has 0 heterocycles. The van der Waals surface area contributed by atoms with Crippen LogP contribution in [0.2, 0.25) is 0 Å². The van der Waals surface area contributed by atoms with Crippen LogP contribution >= 0.6 is 0 Å². The number of halogens is 3. The molecule has 0 saturated heterocycles. The second-order valence-corrected chi connectivity index (χ2v) is 12.9. The molecule has 0 aromatic heterocycles. The van der Waals surface area contributed by atoms with E-state index in [1.165, 1.54) is 66.1 Å². The van der Waals surface area contributed by atoms with Gasteiger partial charge in [0.2, 0.25) is 0 Å². The van der Waals surface area contributed by atoms with Crippen molar-refractivity contribution >= 4 is 17.2 Å². The molecule has 43 heavy (non-hydrogen) atoms. The minimum Gasteiger partial charge on any atom is -1.00 e. The second-order valence-electron chi connectivity index (χ2n) is 12.9. The van der Waals surface area contributed by atoms with Crippen molar-refractivity contribution in [1.82, 2.24) is 0 Å². The molecule has 0 unspecified atom stereocenters. The van der Waals surface area contributed by atoms with Crippen LogP contribution in [0.15, 0.2) is 103 Å². The van der Waals surface area contributed by atoms with Gasteiger partial charge in [0.1, 0.15) is 0 Å². The van der Waals surface area contributed by atoms with E-state index in [0.717, 1.165) is 6.42 Å². The first kappa shape index (κ1) is 37.0. The SMILES string of the molecule is CC(C)(C)c1ccc2c(c1)[C-]=c1c-2cc(=C(c2ccccc2)c2ccccc2)c(C(C)(C)C)c1C1=CC=CC1.[Cl-].[Cl-].[Cl-].[Zr+4]. The summed E-state index contributed by atoms with van der Waals surface area (Å²) in [5.41, 5.74) is 13.1. The van der Waals surface area contributed by atoms with Crippen LogP contribution in [-0.2, 0) is 37.0 Å². The summed E-state index contributed by atoms with van der Waals surface area (Å²) in [7, 11) is 0. The molecular formula is C39H37Cl3Zr. The normalized spacial score (nSPS) is 12.7. The van der Waals surface area contributed by atoms with Crippen molar-refractivity contribution in [2.45, 2.75) is 58.8 Å². The van der Waals surface area contributed by atoms with Crippen LogP contribution in [0, 0.1) is 0 Å². The fraction of sp³-hybridized carbons (Fsp3) is 0.231. The van der Waals surface area contributed by atoms with Gasteiger partial charge in [-0.1, -0.05) is 161 Å². The quantitative estimate of drug-likeness (QED) is 0.224. The summed E-state index contributed by atoms with van der Waals surface area (Å²) in [6, 6.07) is 31.3. The molecular weight excluding hydrogens is 666 g/mol. The van der Waals surface area contributed by atoms with Crippen LogP contribution in [0.3, 0.4) is 0 Å². The molecule has 0 N–H and O–H groups in total. The molecule has 4 heteroatoms. The molecule has 0 atom stereocenters. The van der Waals surface area contributed by atoms with Crippen LogP contribution in [0.4, 0.5) is 0 Å². The maximum Gasteiger partial charge on any atom is 4.00 e. The number of rotatable bonds is 3. The summed E-state index contributed by atoms with van der Waals surface area (Å²) in [5.74, 6) is 0. The molecule has 0 radical (unpaired) electrons. The van der Waals surface area contributed by atoms with Crippen molar-refractivity contribution < 1.29 is 63.4 Å². The summed E-state index contributed by atoms with van der Waals surface area (Å²) < 4.78 is 0. The Morgan fingerprint density at radius 2 is 1.26 bits per heavy atom. The van der Waals surface area contributed by atoms with Crippen molar-refractivity contribution in [2.75, 3.05) is 0 Å². The molecule has 2 aliphatic carbocycles. The summed E-state index contributed by atoms with van der Waals surface area (Å²) in [5, 5.41) is 2.57. The number of hydrogen-bond acceptors (Lipinski definition) is 0. The van der Waals surface area contributed by atoms with E-state index in [-0.39, 0.29) is 74.3 Å². The third-order valence-electron chi connectivity index (χ3n) is 8.00. The van der Waals surface area contributed by atoms with E-state index >= 15 is 0 Å². The third-order valence-corrected chi connectivity index (χ3v) is 8.00. The van der Waals surface area contributed by atoms with Crippen molar-refractivity contribution in [1.29, 1.82) is 0 Å². The Morgan fingerprint density at radius 1 is 0.674 bits per heavy atom. The van der Waals surface area contributed by atoms with E-state index in [9.17, 15) is 0 Å². The van der Waals surface area contributed by atoms with E-state index in [1.54, 1.807) is 0 Å². The minimum atomic E-state index is -0.0784. The monoisotopic (exact) mass is 700 g/mol. The van der Waals surface area contributed by atoms with Gasteiger partial charge in [-0.3, -0.25) is 0 Å². The zero-order valence-corrected chi connectivity index (χ0v) is 30.4. The Kier molecular flexibility index (Phi) is 12.3. The average Bonchev–Trinajstić information content (AvgIpc) is 3.56. The molecule has 0 amide bonds. The van der Waals surface area contributed by atoms with Crippen LogP contribution in [-0.4, -0.2) is 0 Å². The van der Waals surface area contributed by atoms with Gasteiger partial charge in [-0.2, -0.15) is 0 Å². The van der Waals surface area contributed by atoms with Gasteiger partial charge in [0.05, 0.1) is 0 Å². The van der Waals surface area contributed by atoms with E-state index in [4.69, 9.17) is 0 Å². The minimum absolute atomic E-state index is 0. The second kappa shape index (κ2) is 14.3. The number of hydrogen-bond donors (Lipinski definition) is 0. The number of fused-ring (bicyclic) bond motifs is 3. The third kappa shape index (κ3) is 7.07. The topological polar surface area (TPSA) is 0 Å². The fourth-order valence-electron chi connectivity index (χ4n) is 6.13. The zero-order chi connectivity index (χ0) is 27.4. The van der Waals surface area contributed by atoms with Gasteiger partial charge in [-0.05, 0) is 39.2 Å². The Bertz CT molecular complexity index is 1730. The van der Waals surface area contributed by atoms with Crippen LogP contribution in [0.1, 0.15) is 81.3 Å². The molecule has 0 aliphatic heterocycles. The van der Waals surface area contributed by atoms with Gasteiger partial charge in [-0.25, -0.2) is 0 Å². The molecule has 0 bridgehead atoms. The van der Waals surface area contributed by atoms with Gasteiger partial charge >= 0.3 is 26.2 Å². The van der Waals surface area contributed by atoms with Gasteiger partial charge in [0.25, 0.3) is 0 Å². The molecule has 6 rings (SSSR count). The zero-order valence-electron chi connectivity index (χ0n) is 25.7. The molecule has 0 nitrogen and oxygen atoms in total. The summed E-state index contributed by atoms with van der Waals surface area (Å²) in [6.07, 6.45) is 11.7. The molecule has 0 saturated carbocycles. The first-order valence-electron chi connectivity index (χ1n) is 14.1. The molecule has 0 spiro atoms. The molecule has 0 fully saturated rings. The van der Waals surface area contributed by atoms with Crippen LogP contribution < -0.4 is 47.7 Å². The van der Waals surface area contributed by atoms with E-state index in [0.29, 0.717) is 0 Å². The molecule has 218 valence electrons. The summed E-state index contributed by atoms with van der Waals surface area (Å²) in [6.45, 7) is 13.9. The van der Waals surface area contributed by atoms with Crippen LogP contribution in [0.25, 0.3) is 28.3 Å². The largest absolute Gasteiger partial charge is 4.00 e. The summed E-state index contributed by atoms with van der Waals surface area (Å²) in [4.78, 5) is 0. The standard InChI is InChI=1S/C39H37.3ClH.Zr/c1-38(2,3)30-21-22-31-29(23-30)24-33-32(31)25-34(37(39(4,5)6)36(33)28-19-13-14-20-28)35(26-15-9-7-10-16-26)27-17-11-8-12-18-27;;;;/h7-19,21-23,25H,20H2,1-6H3;3*1H;/q-1;;;;+4/p-3. The summed E-state index contributed by atoms with van der Waals surface area (Å²) >= 11 is 0. The maximum absolute atomic E-state index is 3.92.